The van der Waals surface area contributed by atoms with Crippen molar-refractivity contribution in [1.29, 1.82) is 0 Å². The SMILES string of the molecule is CC(CC1CC1)NC(=O)Nc1ccc(C(=O)O)cc1Br. The number of carboxylic acid groups (broad SMARTS) is 1. The maximum absolute atomic E-state index is 11.8. The average molecular weight is 341 g/mol. The molecule has 0 heterocycles. The highest BCUT2D eigenvalue weighted by atomic mass is 79.9. The van der Waals surface area contributed by atoms with Crippen molar-refractivity contribution in [3.63, 3.8) is 0 Å². The lowest BCUT2D eigenvalue weighted by molar-refractivity contribution is 0.0697. The Morgan fingerprint density at radius 1 is 1.45 bits per heavy atom. The molecule has 6 heteroatoms. The van der Waals surface area contributed by atoms with Gasteiger partial charge in [-0.1, -0.05) is 12.8 Å². The van der Waals surface area contributed by atoms with Crippen molar-refractivity contribution in [1.82, 2.24) is 5.32 Å². The zero-order valence-electron chi connectivity index (χ0n) is 11.1. The van der Waals surface area contributed by atoms with Crippen LogP contribution in [0.15, 0.2) is 22.7 Å². The van der Waals surface area contributed by atoms with Gasteiger partial charge in [-0.2, -0.15) is 0 Å². The van der Waals surface area contributed by atoms with Gasteiger partial charge in [0.25, 0.3) is 0 Å². The Balaban J connectivity index is 1.91. The quantitative estimate of drug-likeness (QED) is 0.767. The fourth-order valence-corrected chi connectivity index (χ4v) is 2.52. The maximum Gasteiger partial charge on any atom is 0.335 e. The van der Waals surface area contributed by atoms with E-state index in [4.69, 9.17) is 5.11 Å². The first kappa shape index (κ1) is 14.8. The number of halogens is 1. The number of carboxylic acids is 1. The van der Waals surface area contributed by atoms with Crippen LogP contribution >= 0.6 is 15.9 Å². The summed E-state index contributed by atoms with van der Waals surface area (Å²) in [6, 6.07) is 4.35. The summed E-state index contributed by atoms with van der Waals surface area (Å²) in [5, 5.41) is 14.5. The van der Waals surface area contributed by atoms with Gasteiger partial charge in [-0.05, 0) is 53.4 Å². The first-order valence-electron chi connectivity index (χ1n) is 6.56. The predicted molar refractivity (Wildman–Crippen MR) is 80.1 cm³/mol. The van der Waals surface area contributed by atoms with Crippen molar-refractivity contribution < 1.29 is 14.7 Å². The Bertz CT molecular complexity index is 529. The molecule has 1 fully saturated rings. The monoisotopic (exact) mass is 340 g/mol. The fraction of sp³-hybridized carbons (Fsp3) is 0.429. The van der Waals surface area contributed by atoms with Gasteiger partial charge < -0.3 is 15.7 Å². The van der Waals surface area contributed by atoms with Crippen molar-refractivity contribution in [3.8, 4) is 0 Å². The second-order valence-electron chi connectivity index (χ2n) is 5.18. The van der Waals surface area contributed by atoms with Crippen LogP contribution in [0.5, 0.6) is 0 Å². The highest BCUT2D eigenvalue weighted by Gasteiger charge is 2.24. The lowest BCUT2D eigenvalue weighted by atomic mass is 10.2. The number of benzene rings is 1. The molecule has 3 N–H and O–H groups in total. The van der Waals surface area contributed by atoms with Gasteiger partial charge >= 0.3 is 12.0 Å². The first-order chi connectivity index (χ1) is 9.45. The van der Waals surface area contributed by atoms with Crippen LogP contribution in [0.4, 0.5) is 10.5 Å². The zero-order chi connectivity index (χ0) is 14.7. The number of nitrogens with one attached hydrogen (secondary N) is 2. The molecule has 0 bridgehead atoms. The molecule has 1 saturated carbocycles. The third-order valence-electron chi connectivity index (χ3n) is 3.23. The number of amides is 2. The lowest BCUT2D eigenvalue weighted by Gasteiger charge is -2.15. The van der Waals surface area contributed by atoms with Gasteiger partial charge in [-0.25, -0.2) is 9.59 Å². The minimum absolute atomic E-state index is 0.138. The molecule has 1 aromatic carbocycles. The van der Waals surface area contributed by atoms with E-state index >= 15 is 0 Å². The van der Waals surface area contributed by atoms with E-state index in [1.54, 1.807) is 6.07 Å². The molecular formula is C14H17BrN2O3. The summed E-state index contributed by atoms with van der Waals surface area (Å²) in [5.41, 5.74) is 0.719. The minimum atomic E-state index is -1.00. The van der Waals surface area contributed by atoms with Gasteiger partial charge in [-0.15, -0.1) is 0 Å². The number of carbonyl (C=O) groups excluding carboxylic acids is 1. The third-order valence-corrected chi connectivity index (χ3v) is 3.88. The van der Waals surface area contributed by atoms with Crippen LogP contribution in [0.3, 0.4) is 0 Å². The van der Waals surface area contributed by atoms with Gasteiger partial charge in [0.15, 0.2) is 0 Å². The topological polar surface area (TPSA) is 78.4 Å². The fourth-order valence-electron chi connectivity index (χ4n) is 2.04. The highest BCUT2D eigenvalue weighted by molar-refractivity contribution is 9.10. The van der Waals surface area contributed by atoms with E-state index in [1.807, 2.05) is 6.92 Å². The van der Waals surface area contributed by atoms with E-state index in [1.165, 1.54) is 25.0 Å². The molecule has 108 valence electrons. The summed E-state index contributed by atoms with van der Waals surface area (Å²) in [6.07, 6.45) is 3.53. The van der Waals surface area contributed by atoms with Gasteiger partial charge in [0.1, 0.15) is 0 Å². The lowest BCUT2D eigenvalue weighted by Crippen LogP contribution is -2.36. The molecule has 1 aliphatic rings. The zero-order valence-corrected chi connectivity index (χ0v) is 12.7. The molecular weight excluding hydrogens is 324 g/mol. The minimum Gasteiger partial charge on any atom is -0.478 e. The van der Waals surface area contributed by atoms with Crippen LogP contribution in [-0.2, 0) is 0 Å². The Hall–Kier alpha value is -1.56. The summed E-state index contributed by atoms with van der Waals surface area (Å²) < 4.78 is 0.544. The van der Waals surface area contributed by atoms with Gasteiger partial charge in [0.2, 0.25) is 0 Å². The number of hydrogen-bond acceptors (Lipinski definition) is 2. The van der Waals surface area contributed by atoms with Crippen molar-refractivity contribution >= 4 is 33.6 Å². The van der Waals surface area contributed by atoms with Crippen LogP contribution in [-0.4, -0.2) is 23.1 Å². The van der Waals surface area contributed by atoms with Gasteiger partial charge in [0.05, 0.1) is 11.3 Å². The summed E-state index contributed by atoms with van der Waals surface area (Å²) in [5.74, 6) is -0.244. The summed E-state index contributed by atoms with van der Waals surface area (Å²) in [7, 11) is 0. The molecule has 1 atom stereocenters. The first-order valence-corrected chi connectivity index (χ1v) is 7.35. The average Bonchev–Trinajstić information content (AvgIpc) is 3.15. The smallest absolute Gasteiger partial charge is 0.335 e. The Morgan fingerprint density at radius 3 is 2.70 bits per heavy atom. The molecule has 2 amide bonds. The van der Waals surface area contributed by atoms with E-state index in [2.05, 4.69) is 26.6 Å². The van der Waals surface area contributed by atoms with Crippen molar-refractivity contribution in [2.45, 2.75) is 32.2 Å². The van der Waals surface area contributed by atoms with E-state index < -0.39 is 5.97 Å². The van der Waals surface area contributed by atoms with Crippen LogP contribution in [0.25, 0.3) is 0 Å². The molecule has 5 nitrogen and oxygen atoms in total. The standard InChI is InChI=1S/C14H17BrN2O3/c1-8(6-9-2-3-9)16-14(20)17-12-5-4-10(13(18)19)7-11(12)15/h4-5,7-9H,2-3,6H2,1H3,(H,18,19)(H2,16,17,20). The number of carbonyl (C=O) groups is 2. The summed E-state index contributed by atoms with van der Waals surface area (Å²) in [4.78, 5) is 22.7. The highest BCUT2D eigenvalue weighted by Crippen LogP contribution is 2.33. The summed E-state index contributed by atoms with van der Waals surface area (Å²) >= 11 is 3.25. The van der Waals surface area contributed by atoms with Crippen molar-refractivity contribution in [2.75, 3.05) is 5.32 Å². The van der Waals surface area contributed by atoms with Gasteiger partial charge in [-0.3, -0.25) is 0 Å². The largest absolute Gasteiger partial charge is 0.478 e. The van der Waals surface area contributed by atoms with E-state index in [0.29, 0.717) is 10.2 Å². The van der Waals surface area contributed by atoms with E-state index in [9.17, 15) is 9.59 Å². The van der Waals surface area contributed by atoms with Crippen LogP contribution in [0.2, 0.25) is 0 Å². The van der Waals surface area contributed by atoms with Crippen LogP contribution < -0.4 is 10.6 Å². The maximum atomic E-state index is 11.8. The molecule has 1 unspecified atom stereocenters. The molecule has 0 spiro atoms. The Morgan fingerprint density at radius 2 is 2.15 bits per heavy atom. The normalized spacial score (nSPS) is 15.5. The number of hydrogen-bond donors (Lipinski definition) is 3. The Kier molecular flexibility index (Phi) is 4.65. The molecule has 20 heavy (non-hydrogen) atoms. The second-order valence-corrected chi connectivity index (χ2v) is 6.03. The number of rotatable bonds is 5. The third kappa shape index (κ3) is 4.23. The van der Waals surface area contributed by atoms with Gasteiger partial charge in [0, 0.05) is 10.5 Å². The second kappa shape index (κ2) is 6.26. The van der Waals surface area contributed by atoms with Crippen LogP contribution in [0, 0.1) is 5.92 Å². The predicted octanol–water partition coefficient (Wildman–Crippen LogP) is 3.46. The Labute approximate surface area is 125 Å². The molecule has 1 aromatic rings. The molecule has 2 rings (SSSR count). The molecule has 0 saturated heterocycles. The summed E-state index contributed by atoms with van der Waals surface area (Å²) in [6.45, 7) is 1.99. The molecule has 0 radical (unpaired) electrons. The molecule has 1 aliphatic carbocycles. The number of aromatic carboxylic acids is 1. The van der Waals surface area contributed by atoms with Crippen LogP contribution in [0.1, 0.15) is 36.5 Å². The van der Waals surface area contributed by atoms with E-state index in [-0.39, 0.29) is 17.6 Å². The van der Waals surface area contributed by atoms with E-state index in [0.717, 1.165) is 12.3 Å². The number of urea groups is 1. The molecule has 0 aliphatic heterocycles. The van der Waals surface area contributed by atoms with Crippen molar-refractivity contribution in [2.24, 2.45) is 5.92 Å². The number of anilines is 1. The van der Waals surface area contributed by atoms with Crippen molar-refractivity contribution in [3.05, 3.63) is 28.2 Å². The molecule has 0 aromatic heterocycles.